The average molecular weight is 273 g/mol. The third-order valence-corrected chi connectivity index (χ3v) is 3.35. The molecule has 7 nitrogen and oxygen atoms in total. The van der Waals surface area contributed by atoms with Crippen LogP contribution in [0.4, 0.5) is 5.95 Å². The zero-order valence-electron chi connectivity index (χ0n) is 11.3. The summed E-state index contributed by atoms with van der Waals surface area (Å²) in [6, 6.07) is 3.85. The molecule has 0 radical (unpaired) electrons. The molecule has 0 bridgehead atoms. The first-order valence-corrected chi connectivity index (χ1v) is 6.46. The maximum Gasteiger partial charge on any atom is 0.274 e. The summed E-state index contributed by atoms with van der Waals surface area (Å²) in [5.41, 5.74) is 2.63. The Morgan fingerprint density at radius 1 is 1.50 bits per heavy atom. The number of H-pyrrole nitrogens is 1. The molecule has 2 atom stereocenters. The highest BCUT2D eigenvalue weighted by atomic mass is 16.3. The van der Waals surface area contributed by atoms with Crippen molar-refractivity contribution in [1.82, 2.24) is 15.2 Å². The lowest BCUT2D eigenvalue weighted by Gasteiger charge is -1.97. The van der Waals surface area contributed by atoms with Gasteiger partial charge in [-0.1, -0.05) is 6.92 Å². The highest BCUT2D eigenvalue weighted by molar-refractivity contribution is 5.76. The molecule has 1 fully saturated rings. The van der Waals surface area contributed by atoms with Gasteiger partial charge in [0.25, 0.3) is 5.56 Å². The second kappa shape index (κ2) is 4.92. The third kappa shape index (κ3) is 2.61. The van der Waals surface area contributed by atoms with Gasteiger partial charge in [-0.3, -0.25) is 9.78 Å². The van der Waals surface area contributed by atoms with E-state index in [1.165, 1.54) is 12.6 Å². The number of hydrogen-bond acceptors (Lipinski definition) is 6. The van der Waals surface area contributed by atoms with Gasteiger partial charge in [-0.2, -0.15) is 5.10 Å². The molecule has 2 aromatic heterocycles. The van der Waals surface area contributed by atoms with Crippen LogP contribution in [0.2, 0.25) is 0 Å². The van der Waals surface area contributed by atoms with Gasteiger partial charge in [0.05, 0.1) is 6.21 Å². The van der Waals surface area contributed by atoms with Crippen LogP contribution in [0.3, 0.4) is 0 Å². The lowest BCUT2D eigenvalue weighted by atomic mass is 10.3. The van der Waals surface area contributed by atoms with E-state index in [0.717, 1.165) is 5.76 Å². The van der Waals surface area contributed by atoms with Crippen molar-refractivity contribution in [2.24, 2.45) is 11.0 Å². The minimum Gasteiger partial charge on any atom is -0.460 e. The fourth-order valence-electron chi connectivity index (χ4n) is 1.96. The number of hydrazone groups is 1. The van der Waals surface area contributed by atoms with Crippen LogP contribution in [0.15, 0.2) is 26.4 Å². The van der Waals surface area contributed by atoms with E-state index in [0.29, 0.717) is 23.3 Å². The summed E-state index contributed by atoms with van der Waals surface area (Å²) in [6.07, 6.45) is 2.72. The van der Waals surface area contributed by atoms with Crippen molar-refractivity contribution in [1.29, 1.82) is 0 Å². The SMILES string of the molecule is Cc1nnc(N/N=C\c2ccc([C@@H]3C[C@@H]3C)o2)[nH]c1=O. The molecule has 0 aromatic carbocycles. The summed E-state index contributed by atoms with van der Waals surface area (Å²) >= 11 is 0. The average Bonchev–Trinajstić information content (AvgIpc) is 2.97. The Bertz CT molecular complexity index is 703. The van der Waals surface area contributed by atoms with Crippen LogP contribution in [0.5, 0.6) is 0 Å². The molecule has 104 valence electrons. The normalized spacial score (nSPS) is 21.3. The van der Waals surface area contributed by atoms with Crippen molar-refractivity contribution in [2.75, 3.05) is 5.43 Å². The van der Waals surface area contributed by atoms with Crippen molar-refractivity contribution in [3.8, 4) is 0 Å². The zero-order chi connectivity index (χ0) is 14.1. The second-order valence-corrected chi connectivity index (χ2v) is 5.02. The van der Waals surface area contributed by atoms with Crippen molar-refractivity contribution < 1.29 is 4.42 Å². The van der Waals surface area contributed by atoms with Gasteiger partial charge in [-0.25, -0.2) is 5.43 Å². The highest BCUT2D eigenvalue weighted by Gasteiger charge is 2.36. The molecule has 20 heavy (non-hydrogen) atoms. The number of aromatic amines is 1. The lowest BCUT2D eigenvalue weighted by molar-refractivity contribution is 0.500. The second-order valence-electron chi connectivity index (χ2n) is 5.02. The molecule has 0 amide bonds. The van der Waals surface area contributed by atoms with E-state index in [1.54, 1.807) is 6.92 Å². The van der Waals surface area contributed by atoms with Gasteiger partial charge in [-0.15, -0.1) is 10.2 Å². The number of hydrogen-bond donors (Lipinski definition) is 2. The third-order valence-electron chi connectivity index (χ3n) is 3.35. The van der Waals surface area contributed by atoms with Crippen LogP contribution in [0.1, 0.15) is 36.5 Å². The van der Waals surface area contributed by atoms with E-state index >= 15 is 0 Å². The quantitative estimate of drug-likeness (QED) is 0.652. The molecule has 0 aliphatic heterocycles. The summed E-state index contributed by atoms with van der Waals surface area (Å²) in [6.45, 7) is 3.79. The Balaban J connectivity index is 1.63. The molecule has 0 spiro atoms. The molecule has 0 saturated heterocycles. The first-order chi connectivity index (χ1) is 9.63. The van der Waals surface area contributed by atoms with Crippen molar-refractivity contribution in [2.45, 2.75) is 26.2 Å². The van der Waals surface area contributed by atoms with E-state index in [4.69, 9.17) is 4.42 Å². The molecule has 0 unspecified atom stereocenters. The van der Waals surface area contributed by atoms with Gasteiger partial charge in [0.15, 0.2) is 0 Å². The van der Waals surface area contributed by atoms with E-state index in [9.17, 15) is 4.79 Å². The standard InChI is InChI=1S/C13H15N5O2/c1-7-5-10(7)11-4-3-9(20-11)6-14-17-13-15-12(19)8(2)16-18-13/h3-4,6-7,10H,5H2,1-2H3,(H2,15,17,18,19)/b14-6-/t7-,10+/m0/s1. The van der Waals surface area contributed by atoms with Crippen LogP contribution in [0.25, 0.3) is 0 Å². The monoisotopic (exact) mass is 273 g/mol. The van der Waals surface area contributed by atoms with Gasteiger partial charge < -0.3 is 4.42 Å². The van der Waals surface area contributed by atoms with E-state index in [-0.39, 0.29) is 11.5 Å². The summed E-state index contributed by atoms with van der Waals surface area (Å²) in [5, 5.41) is 11.4. The molecule has 3 rings (SSSR count). The number of nitrogens with one attached hydrogen (secondary N) is 2. The topological polar surface area (TPSA) is 96.2 Å². The number of nitrogens with zero attached hydrogens (tertiary/aromatic N) is 3. The number of anilines is 1. The van der Waals surface area contributed by atoms with Gasteiger partial charge >= 0.3 is 0 Å². The number of aromatic nitrogens is 3. The summed E-state index contributed by atoms with van der Waals surface area (Å²) < 4.78 is 5.66. The zero-order valence-corrected chi connectivity index (χ0v) is 11.3. The predicted molar refractivity (Wildman–Crippen MR) is 73.8 cm³/mol. The maximum absolute atomic E-state index is 11.3. The van der Waals surface area contributed by atoms with Gasteiger partial charge in [0, 0.05) is 5.92 Å². The van der Waals surface area contributed by atoms with Gasteiger partial charge in [0.1, 0.15) is 17.2 Å². The van der Waals surface area contributed by atoms with Crippen LogP contribution in [-0.2, 0) is 0 Å². The Morgan fingerprint density at radius 2 is 2.30 bits per heavy atom. The Hall–Kier alpha value is -2.44. The molecule has 2 aromatic rings. The molecule has 1 aliphatic carbocycles. The minimum absolute atomic E-state index is 0.194. The molecule has 1 saturated carbocycles. The number of aryl methyl sites for hydroxylation is 1. The fraction of sp³-hybridized carbons (Fsp3) is 0.385. The molecule has 2 N–H and O–H groups in total. The first-order valence-electron chi connectivity index (χ1n) is 6.46. The summed E-state index contributed by atoms with van der Waals surface area (Å²) in [4.78, 5) is 13.8. The number of rotatable bonds is 4. The van der Waals surface area contributed by atoms with Crippen molar-refractivity contribution in [3.63, 3.8) is 0 Å². The number of furan rings is 1. The van der Waals surface area contributed by atoms with Gasteiger partial charge in [-0.05, 0) is 31.4 Å². The largest absolute Gasteiger partial charge is 0.460 e. The van der Waals surface area contributed by atoms with Crippen molar-refractivity contribution >= 4 is 12.2 Å². The predicted octanol–water partition coefficient (Wildman–Crippen LogP) is 1.64. The Kier molecular flexibility index (Phi) is 3.09. The highest BCUT2D eigenvalue weighted by Crippen LogP contribution is 2.47. The van der Waals surface area contributed by atoms with Gasteiger partial charge in [0.2, 0.25) is 5.95 Å². The van der Waals surface area contributed by atoms with Crippen LogP contribution in [0, 0.1) is 12.8 Å². The Morgan fingerprint density at radius 3 is 3.00 bits per heavy atom. The van der Waals surface area contributed by atoms with Crippen LogP contribution < -0.4 is 11.0 Å². The van der Waals surface area contributed by atoms with E-state index in [1.807, 2.05) is 12.1 Å². The fourth-order valence-corrected chi connectivity index (χ4v) is 1.96. The summed E-state index contributed by atoms with van der Waals surface area (Å²) in [5.74, 6) is 3.11. The minimum atomic E-state index is -0.291. The maximum atomic E-state index is 11.3. The smallest absolute Gasteiger partial charge is 0.274 e. The Labute approximate surface area is 115 Å². The molecule has 2 heterocycles. The molecular formula is C13H15N5O2. The van der Waals surface area contributed by atoms with Crippen molar-refractivity contribution in [3.05, 3.63) is 39.7 Å². The van der Waals surface area contributed by atoms with Crippen LogP contribution in [-0.4, -0.2) is 21.4 Å². The molecule has 7 heteroatoms. The summed E-state index contributed by atoms with van der Waals surface area (Å²) in [7, 11) is 0. The first kappa shape index (κ1) is 12.6. The van der Waals surface area contributed by atoms with Crippen LogP contribution >= 0.6 is 0 Å². The lowest BCUT2D eigenvalue weighted by Crippen LogP contribution is -2.15. The van der Waals surface area contributed by atoms with E-state index < -0.39 is 0 Å². The van der Waals surface area contributed by atoms with E-state index in [2.05, 4.69) is 32.6 Å². The molecule has 1 aliphatic rings. The molecular weight excluding hydrogens is 258 g/mol.